The molecule has 0 heterocycles. The van der Waals surface area contributed by atoms with Gasteiger partial charge in [-0.05, 0) is 0 Å². The quantitative estimate of drug-likeness (QED) is 0.188. The number of rotatable bonds is 2. The van der Waals surface area contributed by atoms with Crippen LogP contribution in [-0.4, -0.2) is 5.43 Å². The maximum atomic E-state index is 2.25. The van der Waals surface area contributed by atoms with Crippen molar-refractivity contribution in [3.05, 3.63) is 146 Å². The van der Waals surface area contributed by atoms with E-state index < -0.39 is 5.43 Å². The Morgan fingerprint density at radius 2 is 0.812 bits per heavy atom. The summed E-state index contributed by atoms with van der Waals surface area (Å²) in [5, 5.41) is 8.36. The molecule has 2 heteroatoms. The molecule has 0 aliphatic rings. The zero-order valence-electron chi connectivity index (χ0n) is 17.9. The van der Waals surface area contributed by atoms with Crippen LogP contribution in [0.1, 0.15) is 0 Å². The largest absolute Gasteiger partial charge is 0.168 e. The molecule has 0 saturated heterocycles. The standard InChI is InChI=1S/C12H10Si.2C9H7.Zr/c1-3-7-11(8-4-1)13-12-9-5-2-6-10-12;2*1-2-5-9-7-3-6-8(9)4-1;/h1-10H;2*1-7H;/q;2*-1;+2. The summed E-state index contributed by atoms with van der Waals surface area (Å²) >= 11 is 1.64. The Kier molecular flexibility index (Phi) is 8.20. The predicted molar refractivity (Wildman–Crippen MR) is 137 cm³/mol. The minimum atomic E-state index is -0.455. The van der Waals surface area contributed by atoms with Crippen LogP contribution in [0.25, 0.3) is 21.5 Å². The van der Waals surface area contributed by atoms with Gasteiger partial charge in [0.15, 0.2) is 0 Å². The van der Waals surface area contributed by atoms with Crippen LogP contribution in [-0.2, 0) is 23.3 Å². The predicted octanol–water partition coefficient (Wildman–Crippen LogP) is 6.46. The van der Waals surface area contributed by atoms with Gasteiger partial charge in [0, 0.05) is 0 Å². The number of benzene rings is 4. The summed E-state index contributed by atoms with van der Waals surface area (Å²) in [5.41, 5.74) is -0.455. The Labute approximate surface area is 205 Å². The van der Waals surface area contributed by atoms with Crippen molar-refractivity contribution in [1.29, 1.82) is 0 Å². The van der Waals surface area contributed by atoms with Crippen molar-refractivity contribution in [2.75, 3.05) is 0 Å². The van der Waals surface area contributed by atoms with Crippen molar-refractivity contribution < 1.29 is 23.3 Å². The van der Waals surface area contributed by atoms with Crippen molar-refractivity contribution in [3.63, 3.8) is 0 Å². The van der Waals surface area contributed by atoms with Crippen molar-refractivity contribution in [3.8, 4) is 0 Å². The summed E-state index contributed by atoms with van der Waals surface area (Å²) in [6.45, 7) is 0. The van der Waals surface area contributed by atoms with E-state index in [1.165, 1.54) is 31.9 Å². The van der Waals surface area contributed by atoms with Gasteiger partial charge in [0.1, 0.15) is 0 Å². The van der Waals surface area contributed by atoms with Crippen LogP contribution in [0.4, 0.5) is 0 Å². The third-order valence-electron chi connectivity index (χ3n) is 5.22. The molecule has 0 saturated carbocycles. The van der Waals surface area contributed by atoms with Crippen molar-refractivity contribution in [2.24, 2.45) is 0 Å². The molecule has 0 aliphatic carbocycles. The van der Waals surface area contributed by atoms with Gasteiger partial charge in [0.2, 0.25) is 0 Å². The van der Waals surface area contributed by atoms with Gasteiger partial charge in [-0.3, -0.25) is 0 Å². The Hall–Kier alpha value is -2.80. The summed E-state index contributed by atoms with van der Waals surface area (Å²) in [6, 6.07) is 51.0. The maximum absolute atomic E-state index is 2.25. The van der Waals surface area contributed by atoms with Gasteiger partial charge in [0.25, 0.3) is 0 Å². The summed E-state index contributed by atoms with van der Waals surface area (Å²) in [4.78, 5) is 0. The van der Waals surface area contributed by atoms with E-state index in [1.54, 1.807) is 23.3 Å². The minimum Gasteiger partial charge on any atom is -0.168 e. The van der Waals surface area contributed by atoms with E-state index in [2.05, 4.69) is 146 Å². The first-order valence-corrected chi connectivity index (χ1v) is 15.9. The molecule has 0 aromatic heterocycles. The molecule has 0 radical (unpaired) electrons. The zero-order chi connectivity index (χ0) is 22.0. The van der Waals surface area contributed by atoms with E-state index in [0.717, 1.165) is 0 Å². The molecule has 0 unspecified atom stereocenters. The number of hydrogen-bond acceptors (Lipinski definition) is 0. The van der Waals surface area contributed by atoms with Crippen LogP contribution in [0.3, 0.4) is 0 Å². The van der Waals surface area contributed by atoms with Gasteiger partial charge in [-0.25, -0.2) is 0 Å². The van der Waals surface area contributed by atoms with Gasteiger partial charge in [0.05, 0.1) is 0 Å². The van der Waals surface area contributed by atoms with Crippen LogP contribution < -0.4 is 10.4 Å². The average molecular weight is 504 g/mol. The first-order valence-electron chi connectivity index (χ1n) is 10.7. The summed E-state index contributed by atoms with van der Waals surface area (Å²) in [6.07, 6.45) is 0. The Balaban J connectivity index is 0.000000119. The van der Waals surface area contributed by atoms with Crippen LogP contribution in [0.15, 0.2) is 146 Å². The molecule has 6 rings (SSSR count). The first-order chi connectivity index (χ1) is 15.8. The van der Waals surface area contributed by atoms with Crippen LogP contribution in [0.2, 0.25) is 0 Å². The zero-order valence-corrected chi connectivity index (χ0v) is 21.3. The summed E-state index contributed by atoms with van der Waals surface area (Å²) in [5.74, 6) is 0. The smallest absolute Gasteiger partial charge is 0.0809 e. The monoisotopic (exact) mass is 502 g/mol. The molecule has 0 fully saturated rings. The molecule has 0 amide bonds. The second-order valence-electron chi connectivity index (χ2n) is 7.42. The molecule has 152 valence electrons. The molecular formula is C30H24SiZr. The van der Waals surface area contributed by atoms with Crippen molar-refractivity contribution in [2.45, 2.75) is 0 Å². The fourth-order valence-corrected chi connectivity index (χ4v) is 7.36. The second-order valence-corrected chi connectivity index (χ2v) is 13.0. The Bertz CT molecular complexity index is 1210. The summed E-state index contributed by atoms with van der Waals surface area (Å²) in [7, 11) is 0. The summed E-state index contributed by atoms with van der Waals surface area (Å²) < 4.78 is 0. The van der Waals surface area contributed by atoms with Crippen LogP contribution in [0, 0.1) is 0 Å². The van der Waals surface area contributed by atoms with Gasteiger partial charge in [-0.1, -0.05) is 12.1 Å². The Morgan fingerprint density at radius 1 is 0.438 bits per heavy atom. The van der Waals surface area contributed by atoms with Gasteiger partial charge < -0.3 is 0 Å². The first kappa shape index (κ1) is 22.4. The average Bonchev–Trinajstić information content (AvgIpc) is 3.55. The minimum absolute atomic E-state index is 0.455. The van der Waals surface area contributed by atoms with E-state index in [4.69, 9.17) is 0 Å². The normalized spacial score (nSPS) is 10.1. The number of hydrogen-bond donors (Lipinski definition) is 0. The Morgan fingerprint density at radius 3 is 1.22 bits per heavy atom. The SMILES string of the molecule is [Zr+2]=[Si](c1ccccc1)c1ccccc1.c1ccc2[cH-]ccc2c1.c1ccc2[cH-]ccc2c1. The van der Waals surface area contributed by atoms with E-state index in [0.29, 0.717) is 0 Å². The molecule has 0 aliphatic heterocycles. The van der Waals surface area contributed by atoms with Crippen LogP contribution >= 0.6 is 0 Å². The molecule has 0 bridgehead atoms. The molecule has 32 heavy (non-hydrogen) atoms. The molecule has 6 aromatic rings. The van der Waals surface area contributed by atoms with Gasteiger partial charge in [-0.15, -0.1) is 59.3 Å². The van der Waals surface area contributed by atoms with E-state index in [1.807, 2.05) is 0 Å². The molecule has 0 spiro atoms. The number of fused-ring (bicyclic) bond motifs is 2. The fraction of sp³-hybridized carbons (Fsp3) is 0. The van der Waals surface area contributed by atoms with E-state index in [-0.39, 0.29) is 0 Å². The van der Waals surface area contributed by atoms with Crippen molar-refractivity contribution >= 4 is 37.4 Å². The molecule has 0 nitrogen and oxygen atoms in total. The van der Waals surface area contributed by atoms with Crippen molar-refractivity contribution in [1.82, 2.24) is 0 Å². The van der Waals surface area contributed by atoms with Crippen LogP contribution in [0.5, 0.6) is 0 Å². The molecule has 6 aromatic carbocycles. The molecular weight excluding hydrogens is 480 g/mol. The maximum Gasteiger partial charge on any atom is -0.0809 e. The van der Waals surface area contributed by atoms with E-state index in [9.17, 15) is 0 Å². The third kappa shape index (κ3) is 6.13. The fourth-order valence-electron chi connectivity index (χ4n) is 3.52. The topological polar surface area (TPSA) is 0 Å². The molecule has 0 N–H and O–H groups in total. The van der Waals surface area contributed by atoms with Gasteiger partial charge >= 0.3 is 99.8 Å². The third-order valence-corrected chi connectivity index (χ3v) is 11.3. The van der Waals surface area contributed by atoms with E-state index >= 15 is 0 Å². The molecule has 0 atom stereocenters. The van der Waals surface area contributed by atoms with Gasteiger partial charge in [-0.2, -0.15) is 35.0 Å². The second kappa shape index (κ2) is 11.7.